The molecule has 0 fully saturated rings. The molecule has 0 N–H and O–H groups in total. The van der Waals surface area contributed by atoms with Crippen molar-refractivity contribution in [3.63, 3.8) is 0 Å². The molecule has 0 radical (unpaired) electrons. The Morgan fingerprint density at radius 3 is 1.50 bits per heavy atom. The molecule has 0 unspecified atom stereocenters. The van der Waals surface area contributed by atoms with Crippen LogP contribution >= 0.6 is 0 Å². The van der Waals surface area contributed by atoms with Crippen LogP contribution < -0.4 is 0 Å². The molecule has 0 aliphatic carbocycles. The molecular weight excluding hydrogens is 276 g/mol. The number of nitrogens with zero attached hydrogens (tertiary/aromatic N) is 2. The van der Waals surface area contributed by atoms with Crippen LogP contribution in [0.2, 0.25) is 0 Å². The fourth-order valence-corrected chi connectivity index (χ4v) is 2.49. The SMILES string of the molecule is O=S1(=O)N=C(c2ccccc2)OC(c2ccccc2)=N1. The molecule has 2 aromatic carbocycles. The molecule has 0 bridgehead atoms. The minimum absolute atomic E-state index is 0.0273. The number of hydrogen-bond acceptors (Lipinski definition) is 3. The fraction of sp³-hybridized carbons (Fsp3) is 0. The average molecular weight is 286 g/mol. The van der Waals surface area contributed by atoms with Crippen molar-refractivity contribution in [2.75, 3.05) is 0 Å². The molecule has 2 aromatic rings. The van der Waals surface area contributed by atoms with Gasteiger partial charge in [-0.15, -0.1) is 8.80 Å². The van der Waals surface area contributed by atoms with Gasteiger partial charge < -0.3 is 4.74 Å². The molecule has 20 heavy (non-hydrogen) atoms. The Balaban J connectivity index is 2.04. The molecule has 1 aliphatic rings. The smallest absolute Gasteiger partial charge is 0.369 e. The maximum Gasteiger partial charge on any atom is 0.369 e. The van der Waals surface area contributed by atoms with Crippen molar-refractivity contribution in [2.45, 2.75) is 0 Å². The van der Waals surface area contributed by atoms with Crippen molar-refractivity contribution in [2.24, 2.45) is 8.80 Å². The molecule has 0 saturated carbocycles. The molecule has 0 atom stereocenters. The Bertz CT molecular complexity index is 720. The minimum Gasteiger partial charge on any atom is -0.418 e. The molecule has 0 amide bonds. The second-order valence-electron chi connectivity index (χ2n) is 4.07. The highest BCUT2D eigenvalue weighted by Gasteiger charge is 2.23. The maximum absolute atomic E-state index is 11.8. The number of hydrogen-bond donors (Lipinski definition) is 0. The standard InChI is InChI=1S/C14H10N2O3S/c17-20(18)15-13(11-7-3-1-4-8-11)19-14(16-20)12-9-5-2-6-10-12/h1-10H. The molecule has 100 valence electrons. The van der Waals surface area contributed by atoms with Gasteiger partial charge in [-0.05, 0) is 24.3 Å². The third-order valence-corrected chi connectivity index (χ3v) is 3.42. The summed E-state index contributed by atoms with van der Waals surface area (Å²) in [7, 11) is -3.93. The molecule has 0 spiro atoms. The molecule has 0 aromatic heterocycles. The van der Waals surface area contributed by atoms with E-state index in [4.69, 9.17) is 4.74 Å². The van der Waals surface area contributed by atoms with Crippen LogP contribution in [-0.2, 0) is 14.9 Å². The highest BCUT2D eigenvalue weighted by molar-refractivity contribution is 7.89. The van der Waals surface area contributed by atoms with E-state index in [1.165, 1.54) is 0 Å². The van der Waals surface area contributed by atoms with E-state index in [-0.39, 0.29) is 11.8 Å². The van der Waals surface area contributed by atoms with Crippen molar-refractivity contribution in [3.05, 3.63) is 71.8 Å². The maximum atomic E-state index is 11.8. The molecule has 5 nitrogen and oxygen atoms in total. The van der Waals surface area contributed by atoms with Gasteiger partial charge in [0.2, 0.25) is 11.8 Å². The van der Waals surface area contributed by atoms with E-state index in [1.807, 2.05) is 12.1 Å². The summed E-state index contributed by atoms with van der Waals surface area (Å²) < 4.78 is 36.1. The second-order valence-corrected chi connectivity index (χ2v) is 5.34. The van der Waals surface area contributed by atoms with Gasteiger partial charge in [0.25, 0.3) is 0 Å². The lowest BCUT2D eigenvalue weighted by molar-refractivity contribution is 0.536. The topological polar surface area (TPSA) is 68.1 Å². The molecule has 1 aliphatic heterocycles. The predicted octanol–water partition coefficient (Wildman–Crippen LogP) is 2.16. The molecule has 3 rings (SSSR count). The van der Waals surface area contributed by atoms with Crippen LogP contribution in [0.5, 0.6) is 0 Å². The molecular formula is C14H10N2O3S. The fourth-order valence-electron chi connectivity index (χ4n) is 1.74. The first-order valence-electron chi connectivity index (χ1n) is 5.88. The van der Waals surface area contributed by atoms with Crippen molar-refractivity contribution >= 4 is 22.0 Å². The normalized spacial score (nSPS) is 16.8. The van der Waals surface area contributed by atoms with E-state index in [0.29, 0.717) is 11.1 Å². The lowest BCUT2D eigenvalue weighted by atomic mass is 10.2. The van der Waals surface area contributed by atoms with E-state index >= 15 is 0 Å². The Kier molecular flexibility index (Phi) is 3.08. The van der Waals surface area contributed by atoms with Crippen molar-refractivity contribution in [3.8, 4) is 0 Å². The number of benzene rings is 2. The van der Waals surface area contributed by atoms with E-state index in [0.717, 1.165) is 0 Å². The first-order chi connectivity index (χ1) is 9.64. The third-order valence-electron chi connectivity index (χ3n) is 2.63. The van der Waals surface area contributed by atoms with Crippen molar-refractivity contribution < 1.29 is 13.2 Å². The average Bonchev–Trinajstić information content (AvgIpc) is 2.47. The van der Waals surface area contributed by atoms with Gasteiger partial charge in [0, 0.05) is 11.1 Å². The van der Waals surface area contributed by atoms with Crippen LogP contribution in [-0.4, -0.2) is 20.2 Å². The van der Waals surface area contributed by atoms with Gasteiger partial charge >= 0.3 is 10.2 Å². The zero-order chi connectivity index (χ0) is 14.0. The summed E-state index contributed by atoms with van der Waals surface area (Å²) in [5.74, 6) is 0.0545. The highest BCUT2D eigenvalue weighted by Crippen LogP contribution is 2.16. The summed E-state index contributed by atoms with van der Waals surface area (Å²) in [5, 5.41) is 0. The van der Waals surface area contributed by atoms with Gasteiger partial charge in [0.1, 0.15) is 0 Å². The summed E-state index contributed by atoms with van der Waals surface area (Å²) in [6, 6.07) is 17.7. The van der Waals surface area contributed by atoms with Crippen molar-refractivity contribution in [1.29, 1.82) is 0 Å². The first kappa shape index (κ1) is 12.6. The van der Waals surface area contributed by atoms with E-state index in [9.17, 15) is 8.42 Å². The summed E-state index contributed by atoms with van der Waals surface area (Å²) in [5.41, 5.74) is 1.17. The first-order valence-corrected chi connectivity index (χ1v) is 7.27. The van der Waals surface area contributed by atoms with Gasteiger partial charge in [-0.1, -0.05) is 36.4 Å². The van der Waals surface area contributed by atoms with Crippen LogP contribution in [0.1, 0.15) is 11.1 Å². The summed E-state index contributed by atoms with van der Waals surface area (Å²) in [6.45, 7) is 0. The van der Waals surface area contributed by atoms with Crippen molar-refractivity contribution in [1.82, 2.24) is 0 Å². The predicted molar refractivity (Wildman–Crippen MR) is 76.0 cm³/mol. The van der Waals surface area contributed by atoms with Gasteiger partial charge in [-0.2, -0.15) is 8.42 Å². The van der Waals surface area contributed by atoms with E-state index in [2.05, 4.69) is 8.80 Å². The van der Waals surface area contributed by atoms with Crippen LogP contribution in [0.3, 0.4) is 0 Å². The van der Waals surface area contributed by atoms with Crippen LogP contribution in [0.15, 0.2) is 69.5 Å². The zero-order valence-corrected chi connectivity index (χ0v) is 11.1. The molecule has 6 heteroatoms. The van der Waals surface area contributed by atoms with Gasteiger partial charge in [0.05, 0.1) is 0 Å². The van der Waals surface area contributed by atoms with Crippen LogP contribution in [0.25, 0.3) is 0 Å². The van der Waals surface area contributed by atoms with Gasteiger partial charge in [0.15, 0.2) is 0 Å². The Labute approximate surface area is 116 Å². The number of rotatable bonds is 2. The molecule has 0 saturated heterocycles. The van der Waals surface area contributed by atoms with Crippen LogP contribution in [0, 0.1) is 0 Å². The largest absolute Gasteiger partial charge is 0.418 e. The third kappa shape index (κ3) is 2.60. The lowest BCUT2D eigenvalue weighted by Crippen LogP contribution is -2.21. The minimum atomic E-state index is -3.93. The Morgan fingerprint density at radius 1 is 0.700 bits per heavy atom. The monoisotopic (exact) mass is 286 g/mol. The summed E-state index contributed by atoms with van der Waals surface area (Å²) in [6.07, 6.45) is 0. The Morgan fingerprint density at radius 2 is 1.10 bits per heavy atom. The Hall–Kier alpha value is -2.47. The molecule has 1 heterocycles. The number of ether oxygens (including phenoxy) is 1. The summed E-state index contributed by atoms with van der Waals surface area (Å²) in [4.78, 5) is 0. The quantitative estimate of drug-likeness (QED) is 0.849. The second kappa shape index (κ2) is 4.90. The lowest BCUT2D eigenvalue weighted by Gasteiger charge is -2.14. The van der Waals surface area contributed by atoms with E-state index < -0.39 is 10.2 Å². The van der Waals surface area contributed by atoms with Crippen LogP contribution in [0.4, 0.5) is 0 Å². The summed E-state index contributed by atoms with van der Waals surface area (Å²) >= 11 is 0. The van der Waals surface area contributed by atoms with Gasteiger partial charge in [-0.25, -0.2) is 0 Å². The van der Waals surface area contributed by atoms with Gasteiger partial charge in [-0.3, -0.25) is 0 Å². The zero-order valence-electron chi connectivity index (χ0n) is 10.3. The highest BCUT2D eigenvalue weighted by atomic mass is 32.2. The van der Waals surface area contributed by atoms with E-state index in [1.54, 1.807) is 48.5 Å².